The molecule has 3 heterocycles. The normalized spacial score (nSPS) is 36.4. The standard InChI is InChI=1S/C13H39Si8/c1-15(2)14-16(3,4)19(9,10)21(13,18(15,7)8)20(11,12)17(14,5)6/h1-13H3/q-1. The molecular formula is C13H39Si8-. The Balaban J connectivity index is 2.99. The molecule has 0 spiro atoms. The second-order valence-corrected chi connectivity index (χ2v) is 110. The van der Waals surface area contributed by atoms with Crippen molar-refractivity contribution in [1.29, 1.82) is 0 Å². The third-order valence-electron chi connectivity index (χ3n) is 10.3. The van der Waals surface area contributed by atoms with Crippen molar-refractivity contribution in [2.75, 3.05) is 0 Å². The fourth-order valence-corrected chi connectivity index (χ4v) is 496. The molecule has 0 radical (unpaired) electrons. The molecule has 21 heavy (non-hydrogen) atoms. The summed E-state index contributed by atoms with van der Waals surface area (Å²) in [4.78, 5) is 0. The monoisotopic (exact) mass is 419 g/mol. The molecule has 0 aromatic rings. The largest absolute Gasteiger partial charge is 0.258 e. The van der Waals surface area contributed by atoms with Crippen LogP contribution in [0.25, 0.3) is 0 Å². The molecule has 2 bridgehead atoms. The van der Waals surface area contributed by atoms with E-state index in [2.05, 4.69) is 85.1 Å². The molecule has 0 atom stereocenters. The highest BCUT2D eigenvalue weighted by Gasteiger charge is 2.79. The van der Waals surface area contributed by atoms with Crippen molar-refractivity contribution in [1.82, 2.24) is 0 Å². The van der Waals surface area contributed by atoms with E-state index in [0.29, 0.717) is 0 Å². The highest BCUT2D eigenvalue weighted by atomic mass is 30.5. The summed E-state index contributed by atoms with van der Waals surface area (Å²) in [5.74, 6) is 0. The zero-order valence-electron chi connectivity index (χ0n) is 17.0. The van der Waals surface area contributed by atoms with E-state index < -0.39 is 49.3 Å². The minimum Gasteiger partial charge on any atom is -0.258 e. The van der Waals surface area contributed by atoms with Crippen LogP contribution in [-0.4, -0.2) is 56.6 Å². The first kappa shape index (κ1) is 19.1. The van der Waals surface area contributed by atoms with E-state index in [9.17, 15) is 0 Å². The molecule has 0 nitrogen and oxygen atoms in total. The van der Waals surface area contributed by atoms with Crippen LogP contribution in [0.15, 0.2) is 0 Å². The lowest BCUT2D eigenvalue weighted by Gasteiger charge is -2.91. The maximum absolute atomic E-state index is 3.05. The molecule has 0 unspecified atom stereocenters. The first-order chi connectivity index (χ1) is 8.87. The van der Waals surface area contributed by atoms with Crippen LogP contribution in [0, 0.1) is 0 Å². The van der Waals surface area contributed by atoms with Crippen molar-refractivity contribution in [2.45, 2.75) is 85.1 Å². The number of hydrogen-bond donors (Lipinski definition) is 0. The van der Waals surface area contributed by atoms with E-state index in [1.54, 1.807) is 0 Å². The van der Waals surface area contributed by atoms with Crippen LogP contribution in [-0.2, 0) is 0 Å². The van der Waals surface area contributed by atoms with Gasteiger partial charge in [0, 0.05) is 6.63 Å². The molecule has 3 aliphatic heterocycles. The van der Waals surface area contributed by atoms with Crippen LogP contribution in [0.4, 0.5) is 0 Å². The summed E-state index contributed by atoms with van der Waals surface area (Å²) in [5.41, 5.74) is 0. The molecule has 3 aliphatic rings. The zero-order chi connectivity index (χ0) is 17.1. The van der Waals surface area contributed by atoms with E-state index in [4.69, 9.17) is 0 Å². The van der Waals surface area contributed by atoms with Gasteiger partial charge in [-0.3, -0.25) is 7.35 Å². The topological polar surface area (TPSA) is 0 Å². The molecule has 124 valence electrons. The average molecular weight is 420 g/mol. The lowest BCUT2D eigenvalue weighted by molar-refractivity contribution is 1.75. The van der Waals surface area contributed by atoms with Crippen molar-refractivity contribution in [2.24, 2.45) is 0 Å². The highest BCUT2D eigenvalue weighted by molar-refractivity contribution is 8.33. The lowest BCUT2D eigenvalue weighted by atomic mass is 11.9. The van der Waals surface area contributed by atoms with Crippen LogP contribution in [0.1, 0.15) is 0 Å². The number of rotatable bonds is 0. The molecule has 0 aliphatic carbocycles. The second kappa shape index (κ2) is 4.28. The fraction of sp³-hybridized carbons (Fsp3) is 1.00. The molecule has 3 rings (SSSR count). The number of fused-ring (bicyclic) bond motifs is 3. The van der Waals surface area contributed by atoms with Crippen LogP contribution < -0.4 is 0 Å². The van der Waals surface area contributed by atoms with Gasteiger partial charge in [-0.1, -0.05) is 85.1 Å². The predicted octanol–water partition coefficient (Wildman–Crippen LogP) is 4.54. The third kappa shape index (κ3) is 1.56. The van der Waals surface area contributed by atoms with Crippen LogP contribution >= 0.6 is 0 Å². The molecule has 3 saturated heterocycles. The Labute approximate surface area is 141 Å². The van der Waals surface area contributed by atoms with Gasteiger partial charge in [0.25, 0.3) is 0 Å². The van der Waals surface area contributed by atoms with E-state index in [-0.39, 0.29) is 7.35 Å². The number of hydrogen-bond acceptors (Lipinski definition) is 0. The Morgan fingerprint density at radius 3 is 0.762 bits per heavy atom. The van der Waals surface area contributed by atoms with Gasteiger partial charge in [0.1, 0.15) is 0 Å². The molecule has 0 aromatic heterocycles. The summed E-state index contributed by atoms with van der Waals surface area (Å²) in [6.45, 7) is 37.4. The summed E-state index contributed by atoms with van der Waals surface area (Å²) in [5, 5.41) is 0. The summed E-state index contributed by atoms with van der Waals surface area (Å²) in [6.07, 6.45) is 0. The van der Waals surface area contributed by atoms with E-state index >= 15 is 0 Å². The summed E-state index contributed by atoms with van der Waals surface area (Å²) < 4.78 is 0. The Morgan fingerprint density at radius 1 is 0.381 bits per heavy atom. The van der Waals surface area contributed by atoms with E-state index in [1.165, 1.54) is 0 Å². The highest BCUT2D eigenvalue weighted by Crippen LogP contribution is 2.59. The van der Waals surface area contributed by atoms with Crippen LogP contribution in [0.3, 0.4) is 0 Å². The zero-order valence-corrected chi connectivity index (χ0v) is 25.0. The van der Waals surface area contributed by atoms with Crippen molar-refractivity contribution >= 4 is 56.6 Å². The molecule has 0 saturated carbocycles. The van der Waals surface area contributed by atoms with E-state index in [1.807, 2.05) is 0 Å². The van der Waals surface area contributed by atoms with Gasteiger partial charge in [0.2, 0.25) is 0 Å². The molecule has 8 heteroatoms. The fourth-order valence-electron chi connectivity index (χ4n) is 7.50. The van der Waals surface area contributed by atoms with Crippen LogP contribution in [0.5, 0.6) is 0 Å². The maximum atomic E-state index is 3.05. The first-order valence-corrected chi connectivity index (χ1v) is 39.8. The predicted molar refractivity (Wildman–Crippen MR) is 122 cm³/mol. The SMILES string of the molecule is C[Si]1(C)[Si-]2[Si](C)(C)[Si](C)(C)[Si](C)([Si]1(C)C)[Si](C)(C)[Si]2(C)C. The molecule has 3 fully saturated rings. The van der Waals surface area contributed by atoms with Crippen molar-refractivity contribution < 1.29 is 0 Å². The average Bonchev–Trinajstić information content (AvgIpc) is 2.22. The van der Waals surface area contributed by atoms with Gasteiger partial charge in [-0.25, -0.2) is 0 Å². The minimum absolute atomic E-state index is 0.0294. The summed E-state index contributed by atoms with van der Waals surface area (Å²) >= 11 is 0. The van der Waals surface area contributed by atoms with Gasteiger partial charge >= 0.3 is 0 Å². The Bertz CT molecular complexity index is 419. The summed E-state index contributed by atoms with van der Waals surface area (Å²) in [7, 11) is -5.60. The Kier molecular flexibility index (Phi) is 3.88. The molecule has 0 aromatic carbocycles. The molecule has 0 N–H and O–H groups in total. The van der Waals surface area contributed by atoms with Crippen molar-refractivity contribution in [3.63, 3.8) is 0 Å². The minimum atomic E-state index is -1.01. The molecular weight excluding hydrogens is 381 g/mol. The van der Waals surface area contributed by atoms with Gasteiger partial charge in [-0.2, -0.15) is 0 Å². The van der Waals surface area contributed by atoms with Crippen LogP contribution in [0.2, 0.25) is 85.1 Å². The van der Waals surface area contributed by atoms with Gasteiger partial charge < -0.3 is 0 Å². The summed E-state index contributed by atoms with van der Waals surface area (Å²) in [6, 6.07) is 0. The van der Waals surface area contributed by atoms with Gasteiger partial charge in [-0.15, -0.1) is 21.3 Å². The maximum Gasteiger partial charge on any atom is 0.0195 e. The lowest BCUT2D eigenvalue weighted by Crippen LogP contribution is -3.13. The van der Waals surface area contributed by atoms with Crippen molar-refractivity contribution in [3.8, 4) is 0 Å². The van der Waals surface area contributed by atoms with Gasteiger partial charge in [0.05, 0.1) is 0 Å². The third-order valence-corrected chi connectivity index (χ3v) is 248. The smallest absolute Gasteiger partial charge is 0.0195 e. The van der Waals surface area contributed by atoms with E-state index in [0.717, 1.165) is 0 Å². The Morgan fingerprint density at radius 2 is 0.571 bits per heavy atom. The van der Waals surface area contributed by atoms with Gasteiger partial charge in [-0.05, 0) is 21.3 Å². The Hall–Kier alpha value is 1.74. The second-order valence-electron chi connectivity index (χ2n) is 11.2. The van der Waals surface area contributed by atoms with Gasteiger partial charge in [0.15, 0.2) is 0 Å². The van der Waals surface area contributed by atoms with Crippen molar-refractivity contribution in [3.05, 3.63) is 0 Å². The quantitative estimate of drug-likeness (QED) is 0.505. The molecule has 0 amide bonds. The first-order valence-electron chi connectivity index (χ1n) is 8.75.